The molecule has 2 unspecified atom stereocenters. The molecule has 1 rings (SSSR count). The van der Waals surface area contributed by atoms with E-state index >= 15 is 0 Å². The summed E-state index contributed by atoms with van der Waals surface area (Å²) < 4.78 is 27.9. The molecule has 84 valence electrons. The lowest BCUT2D eigenvalue weighted by Crippen LogP contribution is -2.22. The highest BCUT2D eigenvalue weighted by molar-refractivity contribution is 4.73. The van der Waals surface area contributed by atoms with Crippen LogP contribution in [0.15, 0.2) is 0 Å². The number of hydrogen-bond donors (Lipinski definition) is 1. The van der Waals surface area contributed by atoms with E-state index < -0.39 is 6.61 Å². The maximum atomic E-state index is 11.8. The van der Waals surface area contributed by atoms with Crippen LogP contribution in [0, 0.1) is 11.8 Å². The molecule has 0 aromatic heterocycles. The minimum absolute atomic E-state index is 0.207. The van der Waals surface area contributed by atoms with E-state index in [-0.39, 0.29) is 6.61 Å². The first-order valence-corrected chi connectivity index (χ1v) is 5.32. The first-order valence-electron chi connectivity index (χ1n) is 5.32. The lowest BCUT2D eigenvalue weighted by atomic mass is 9.80. The highest BCUT2D eigenvalue weighted by Crippen LogP contribution is 2.31. The van der Waals surface area contributed by atoms with Crippen molar-refractivity contribution in [3.05, 3.63) is 0 Å². The molecular formula is C10H19F2NO. The average Bonchev–Trinajstić information content (AvgIpc) is 2.16. The van der Waals surface area contributed by atoms with Crippen LogP contribution in [0.25, 0.3) is 0 Å². The highest BCUT2D eigenvalue weighted by Gasteiger charge is 2.22. The molecule has 0 bridgehead atoms. The Bertz CT molecular complexity index is 153. The second kappa shape index (κ2) is 6.30. The lowest BCUT2D eigenvalue weighted by molar-refractivity contribution is -0.141. The fraction of sp³-hybridized carbons (Fsp3) is 1.00. The molecule has 0 saturated heterocycles. The number of halogens is 2. The molecule has 1 fully saturated rings. The predicted octanol–water partition coefficient (Wildman–Crippen LogP) is 2.38. The molecule has 0 heterocycles. The minimum Gasteiger partial charge on any atom is -0.330 e. The summed E-state index contributed by atoms with van der Waals surface area (Å²) in [6.07, 6.45) is 5.37. The number of alkyl halides is 2. The van der Waals surface area contributed by atoms with Gasteiger partial charge in [0.25, 0.3) is 0 Å². The Balaban J connectivity index is 2.18. The van der Waals surface area contributed by atoms with Gasteiger partial charge in [0.1, 0.15) is 0 Å². The number of nitrogens with two attached hydrogens (primary N) is 1. The smallest absolute Gasteiger partial charge is 0.330 e. The van der Waals surface area contributed by atoms with Gasteiger partial charge >= 0.3 is 6.61 Å². The summed E-state index contributed by atoms with van der Waals surface area (Å²) in [6, 6.07) is 0. The minimum atomic E-state index is -2.62. The molecule has 14 heavy (non-hydrogen) atoms. The molecule has 2 N–H and O–H groups in total. The molecular weight excluding hydrogens is 188 g/mol. The molecule has 0 spiro atoms. The van der Waals surface area contributed by atoms with Gasteiger partial charge in [-0.3, -0.25) is 0 Å². The van der Waals surface area contributed by atoms with Crippen molar-refractivity contribution in [1.29, 1.82) is 0 Å². The number of hydrogen-bond acceptors (Lipinski definition) is 2. The maximum absolute atomic E-state index is 11.8. The molecule has 2 nitrogen and oxygen atoms in total. The van der Waals surface area contributed by atoms with Gasteiger partial charge in [0.05, 0.1) is 6.61 Å². The first kappa shape index (κ1) is 11.9. The topological polar surface area (TPSA) is 35.2 Å². The van der Waals surface area contributed by atoms with Crippen LogP contribution < -0.4 is 5.73 Å². The van der Waals surface area contributed by atoms with Gasteiger partial charge in [-0.2, -0.15) is 8.78 Å². The number of rotatable bonds is 5. The summed E-state index contributed by atoms with van der Waals surface area (Å²) in [5.74, 6) is 0.939. The Kier molecular flexibility index (Phi) is 5.33. The van der Waals surface area contributed by atoms with Crippen LogP contribution in [0.1, 0.15) is 32.1 Å². The van der Waals surface area contributed by atoms with E-state index in [2.05, 4.69) is 4.74 Å². The van der Waals surface area contributed by atoms with E-state index in [0.717, 1.165) is 25.7 Å². The predicted molar refractivity (Wildman–Crippen MR) is 51.1 cm³/mol. The third-order valence-corrected chi connectivity index (χ3v) is 2.92. The van der Waals surface area contributed by atoms with Crippen molar-refractivity contribution in [1.82, 2.24) is 0 Å². The lowest BCUT2D eigenvalue weighted by Gasteiger charge is -2.28. The maximum Gasteiger partial charge on any atom is 0.345 e. The van der Waals surface area contributed by atoms with Gasteiger partial charge in [0, 0.05) is 0 Å². The van der Waals surface area contributed by atoms with E-state index in [9.17, 15) is 8.78 Å². The van der Waals surface area contributed by atoms with Crippen molar-refractivity contribution in [2.24, 2.45) is 17.6 Å². The van der Waals surface area contributed by atoms with Crippen molar-refractivity contribution < 1.29 is 13.5 Å². The third kappa shape index (κ3) is 4.33. The SMILES string of the molecule is NCCC1CCCC(COC(F)F)C1. The van der Waals surface area contributed by atoms with Gasteiger partial charge in [0.2, 0.25) is 0 Å². The summed E-state index contributed by atoms with van der Waals surface area (Å²) in [4.78, 5) is 0. The zero-order chi connectivity index (χ0) is 10.4. The van der Waals surface area contributed by atoms with E-state index in [0.29, 0.717) is 18.4 Å². The molecule has 1 aliphatic rings. The van der Waals surface area contributed by atoms with Crippen LogP contribution in [0.3, 0.4) is 0 Å². The van der Waals surface area contributed by atoms with Gasteiger partial charge in [-0.1, -0.05) is 12.8 Å². The molecule has 2 atom stereocenters. The molecule has 0 radical (unpaired) electrons. The van der Waals surface area contributed by atoms with Crippen molar-refractivity contribution in [2.75, 3.05) is 13.2 Å². The van der Waals surface area contributed by atoms with Crippen molar-refractivity contribution >= 4 is 0 Å². The van der Waals surface area contributed by atoms with Gasteiger partial charge < -0.3 is 10.5 Å². The van der Waals surface area contributed by atoms with Gasteiger partial charge in [0.15, 0.2) is 0 Å². The van der Waals surface area contributed by atoms with E-state index in [1.165, 1.54) is 6.42 Å². The summed E-state index contributed by atoms with van der Waals surface area (Å²) in [7, 11) is 0. The van der Waals surface area contributed by atoms with E-state index in [1.807, 2.05) is 0 Å². The molecule has 1 saturated carbocycles. The Labute approximate surface area is 83.8 Å². The summed E-state index contributed by atoms with van der Waals surface area (Å²) in [6.45, 7) is -1.71. The highest BCUT2D eigenvalue weighted by atomic mass is 19.3. The van der Waals surface area contributed by atoms with Gasteiger partial charge in [-0.25, -0.2) is 0 Å². The van der Waals surface area contributed by atoms with Gasteiger partial charge in [-0.05, 0) is 37.6 Å². The molecule has 1 aliphatic carbocycles. The number of ether oxygens (including phenoxy) is 1. The summed E-state index contributed by atoms with van der Waals surface area (Å²) in [5.41, 5.74) is 5.48. The Morgan fingerprint density at radius 3 is 2.64 bits per heavy atom. The van der Waals surface area contributed by atoms with Crippen LogP contribution in [0.4, 0.5) is 8.78 Å². The van der Waals surface area contributed by atoms with Crippen molar-refractivity contribution in [2.45, 2.75) is 38.7 Å². The Morgan fingerprint density at radius 2 is 2.00 bits per heavy atom. The van der Waals surface area contributed by atoms with E-state index in [1.54, 1.807) is 0 Å². The normalized spacial score (nSPS) is 28.3. The van der Waals surface area contributed by atoms with Crippen LogP contribution in [0.2, 0.25) is 0 Å². The largest absolute Gasteiger partial charge is 0.345 e. The first-order chi connectivity index (χ1) is 6.72. The Hall–Kier alpha value is -0.220. The second-order valence-electron chi connectivity index (χ2n) is 4.07. The monoisotopic (exact) mass is 207 g/mol. The molecule has 0 aliphatic heterocycles. The third-order valence-electron chi connectivity index (χ3n) is 2.92. The molecule has 4 heteroatoms. The molecule has 0 aromatic rings. The van der Waals surface area contributed by atoms with Crippen LogP contribution in [-0.2, 0) is 4.74 Å². The quantitative estimate of drug-likeness (QED) is 0.751. The average molecular weight is 207 g/mol. The second-order valence-corrected chi connectivity index (χ2v) is 4.07. The summed E-state index contributed by atoms with van der Waals surface area (Å²) >= 11 is 0. The van der Waals surface area contributed by atoms with E-state index in [4.69, 9.17) is 5.73 Å². The van der Waals surface area contributed by atoms with Crippen molar-refractivity contribution in [3.8, 4) is 0 Å². The fourth-order valence-electron chi connectivity index (χ4n) is 2.26. The zero-order valence-electron chi connectivity index (χ0n) is 8.42. The molecule has 0 aromatic carbocycles. The van der Waals surface area contributed by atoms with Crippen LogP contribution >= 0.6 is 0 Å². The Morgan fingerprint density at radius 1 is 1.29 bits per heavy atom. The van der Waals surface area contributed by atoms with Crippen LogP contribution in [-0.4, -0.2) is 19.8 Å². The van der Waals surface area contributed by atoms with Crippen LogP contribution in [0.5, 0.6) is 0 Å². The standard InChI is InChI=1S/C10H19F2NO/c11-10(12)14-7-9-3-1-2-8(6-9)4-5-13/h8-10H,1-7,13H2. The fourth-order valence-corrected chi connectivity index (χ4v) is 2.26. The van der Waals surface area contributed by atoms with Gasteiger partial charge in [-0.15, -0.1) is 0 Å². The zero-order valence-corrected chi connectivity index (χ0v) is 8.42. The molecule has 0 amide bonds. The summed E-state index contributed by atoms with van der Waals surface area (Å²) in [5, 5.41) is 0. The van der Waals surface area contributed by atoms with Crippen molar-refractivity contribution in [3.63, 3.8) is 0 Å².